The number of furan rings is 1. The van der Waals surface area contributed by atoms with Crippen LogP contribution < -0.4 is 4.90 Å². The summed E-state index contributed by atoms with van der Waals surface area (Å²) in [6.45, 7) is 0. The molecule has 0 bridgehead atoms. The molecule has 4 rings (SSSR count). The zero-order valence-electron chi connectivity index (χ0n) is 15.7. The van der Waals surface area contributed by atoms with E-state index in [-0.39, 0.29) is 17.3 Å². The van der Waals surface area contributed by atoms with E-state index < -0.39 is 4.92 Å². The molecular formula is C21H15N3O5S. The summed E-state index contributed by atoms with van der Waals surface area (Å²) in [7, 11) is 1.79. The summed E-state index contributed by atoms with van der Waals surface area (Å²) in [6.07, 6.45) is 1.61. The molecule has 30 heavy (non-hydrogen) atoms. The number of amides is 1. The fourth-order valence-electron chi connectivity index (χ4n) is 2.79. The van der Waals surface area contributed by atoms with E-state index >= 15 is 0 Å². The van der Waals surface area contributed by atoms with Gasteiger partial charge in [-0.05, 0) is 60.3 Å². The standard InChI is InChI=1S/C21H15N3O5S/c1-23(14-6-8-16(25)9-7-14)21-22-20(26)19(30-21)12-17-10-11-18(29-17)13-2-4-15(5-3-13)24(27)28/h2-12,25H,1H3. The first-order valence-corrected chi connectivity index (χ1v) is 9.62. The number of benzene rings is 2. The van der Waals surface area contributed by atoms with Gasteiger partial charge in [0.05, 0.1) is 9.83 Å². The Labute approximate surface area is 175 Å². The number of nitrogens with zero attached hydrogens (tertiary/aromatic N) is 3. The number of aromatic hydroxyl groups is 1. The van der Waals surface area contributed by atoms with Crippen LogP contribution in [-0.2, 0) is 4.79 Å². The first-order valence-electron chi connectivity index (χ1n) is 8.81. The lowest BCUT2D eigenvalue weighted by atomic mass is 10.1. The SMILES string of the molecule is CN(C1=NC(=O)C(=Cc2ccc(-c3ccc([N+](=O)[O-])cc3)o2)S1)c1ccc(O)cc1. The Balaban J connectivity index is 1.50. The molecule has 2 heterocycles. The van der Waals surface area contributed by atoms with Crippen molar-refractivity contribution >= 4 is 40.3 Å². The Bertz CT molecular complexity index is 1180. The number of carbonyl (C=O) groups is 1. The molecule has 3 aromatic rings. The van der Waals surface area contributed by atoms with Crippen LogP contribution in [0.3, 0.4) is 0 Å². The molecule has 8 nitrogen and oxygen atoms in total. The Morgan fingerprint density at radius 1 is 1.10 bits per heavy atom. The van der Waals surface area contributed by atoms with E-state index in [4.69, 9.17) is 4.42 Å². The second kappa shape index (κ2) is 7.88. The zero-order chi connectivity index (χ0) is 21.3. The van der Waals surface area contributed by atoms with E-state index in [9.17, 15) is 20.0 Å². The van der Waals surface area contributed by atoms with Gasteiger partial charge in [0.1, 0.15) is 17.3 Å². The number of amidine groups is 1. The number of anilines is 1. The first-order chi connectivity index (χ1) is 14.4. The van der Waals surface area contributed by atoms with Gasteiger partial charge in [-0.3, -0.25) is 14.9 Å². The molecule has 1 amide bonds. The molecule has 150 valence electrons. The van der Waals surface area contributed by atoms with Crippen LogP contribution in [0.25, 0.3) is 17.4 Å². The summed E-state index contributed by atoms with van der Waals surface area (Å²) >= 11 is 1.22. The molecule has 0 saturated carbocycles. The van der Waals surface area contributed by atoms with Crippen molar-refractivity contribution in [2.45, 2.75) is 0 Å². The predicted octanol–water partition coefficient (Wildman–Crippen LogP) is 4.67. The van der Waals surface area contributed by atoms with Crippen LogP contribution in [0.1, 0.15) is 5.76 Å². The number of hydrogen-bond donors (Lipinski definition) is 1. The lowest BCUT2D eigenvalue weighted by Gasteiger charge is -2.17. The highest BCUT2D eigenvalue weighted by molar-refractivity contribution is 8.18. The molecule has 2 aromatic carbocycles. The number of phenolic OH excluding ortho intramolecular Hbond substituents is 1. The van der Waals surface area contributed by atoms with Crippen LogP contribution in [0, 0.1) is 10.1 Å². The summed E-state index contributed by atoms with van der Waals surface area (Å²) in [5.74, 6) is 0.804. The fraction of sp³-hybridized carbons (Fsp3) is 0.0476. The number of aliphatic imine (C=N–C) groups is 1. The Morgan fingerprint density at radius 3 is 2.47 bits per heavy atom. The minimum absolute atomic E-state index is 0.00280. The molecule has 0 atom stereocenters. The molecule has 0 fully saturated rings. The summed E-state index contributed by atoms with van der Waals surface area (Å²) in [5.41, 5.74) is 1.48. The number of non-ortho nitro benzene ring substituents is 1. The number of nitro groups is 1. The third-order valence-corrected chi connectivity index (χ3v) is 5.46. The summed E-state index contributed by atoms with van der Waals surface area (Å²) < 4.78 is 5.77. The lowest BCUT2D eigenvalue weighted by Crippen LogP contribution is -2.21. The second-order valence-corrected chi connectivity index (χ2v) is 7.40. The topological polar surface area (TPSA) is 109 Å². The van der Waals surface area contributed by atoms with Crippen LogP contribution in [0.2, 0.25) is 0 Å². The minimum atomic E-state index is -0.461. The van der Waals surface area contributed by atoms with Gasteiger partial charge < -0.3 is 14.4 Å². The van der Waals surface area contributed by atoms with Gasteiger partial charge in [-0.15, -0.1) is 0 Å². The van der Waals surface area contributed by atoms with E-state index in [0.29, 0.717) is 27.2 Å². The number of rotatable bonds is 4. The highest BCUT2D eigenvalue weighted by Gasteiger charge is 2.25. The van der Waals surface area contributed by atoms with Crippen molar-refractivity contribution in [3.05, 3.63) is 81.4 Å². The van der Waals surface area contributed by atoms with Crippen molar-refractivity contribution in [1.29, 1.82) is 0 Å². The van der Waals surface area contributed by atoms with Gasteiger partial charge in [0, 0.05) is 36.5 Å². The minimum Gasteiger partial charge on any atom is -0.508 e. The average molecular weight is 421 g/mol. The average Bonchev–Trinajstić information content (AvgIpc) is 3.35. The third-order valence-electron chi connectivity index (χ3n) is 4.40. The van der Waals surface area contributed by atoms with Crippen molar-refractivity contribution in [2.75, 3.05) is 11.9 Å². The lowest BCUT2D eigenvalue weighted by molar-refractivity contribution is -0.384. The molecule has 1 N–H and O–H groups in total. The highest BCUT2D eigenvalue weighted by atomic mass is 32.2. The van der Waals surface area contributed by atoms with E-state index in [1.54, 1.807) is 66.6 Å². The maximum Gasteiger partial charge on any atom is 0.286 e. The van der Waals surface area contributed by atoms with Crippen LogP contribution in [0.5, 0.6) is 5.75 Å². The molecule has 0 unspecified atom stereocenters. The van der Waals surface area contributed by atoms with E-state index in [0.717, 1.165) is 5.69 Å². The van der Waals surface area contributed by atoms with Crippen LogP contribution >= 0.6 is 11.8 Å². The number of nitro benzene ring substituents is 1. The van der Waals surface area contributed by atoms with Crippen LogP contribution in [0.15, 0.2) is 75.0 Å². The molecule has 1 aliphatic rings. The largest absolute Gasteiger partial charge is 0.508 e. The summed E-state index contributed by atoms with van der Waals surface area (Å²) in [5, 5.41) is 20.7. The maximum absolute atomic E-state index is 12.3. The quantitative estimate of drug-likeness (QED) is 0.370. The monoisotopic (exact) mass is 421 g/mol. The van der Waals surface area contributed by atoms with Gasteiger partial charge in [-0.1, -0.05) is 0 Å². The molecule has 0 aliphatic carbocycles. The summed E-state index contributed by atoms with van der Waals surface area (Å²) in [6, 6.07) is 16.1. The van der Waals surface area contributed by atoms with Crippen LogP contribution in [0.4, 0.5) is 11.4 Å². The van der Waals surface area contributed by atoms with Crippen molar-refractivity contribution in [2.24, 2.45) is 4.99 Å². The first kappa shape index (κ1) is 19.5. The molecular weight excluding hydrogens is 406 g/mol. The summed E-state index contributed by atoms with van der Waals surface area (Å²) in [4.78, 5) is 28.9. The number of hydrogen-bond acceptors (Lipinski definition) is 7. The molecule has 0 radical (unpaired) electrons. The normalized spacial score (nSPS) is 14.8. The molecule has 9 heteroatoms. The second-order valence-electron chi connectivity index (χ2n) is 6.39. The number of carbonyl (C=O) groups excluding carboxylic acids is 1. The smallest absolute Gasteiger partial charge is 0.286 e. The van der Waals surface area contributed by atoms with E-state index in [2.05, 4.69) is 4.99 Å². The van der Waals surface area contributed by atoms with Gasteiger partial charge in [0.2, 0.25) is 0 Å². The van der Waals surface area contributed by atoms with E-state index in [1.807, 2.05) is 0 Å². The molecule has 0 saturated heterocycles. The van der Waals surface area contributed by atoms with Crippen LogP contribution in [-0.4, -0.2) is 28.2 Å². The Hall–Kier alpha value is -3.85. The Kier molecular flexibility index (Phi) is 5.11. The van der Waals surface area contributed by atoms with Crippen molar-refractivity contribution in [3.8, 4) is 17.1 Å². The fourth-order valence-corrected chi connectivity index (χ4v) is 3.67. The maximum atomic E-state index is 12.3. The Morgan fingerprint density at radius 2 is 1.80 bits per heavy atom. The van der Waals surface area contributed by atoms with Gasteiger partial charge in [0.15, 0.2) is 5.17 Å². The van der Waals surface area contributed by atoms with Gasteiger partial charge >= 0.3 is 0 Å². The van der Waals surface area contributed by atoms with E-state index in [1.165, 1.54) is 23.9 Å². The third kappa shape index (κ3) is 3.96. The molecule has 1 aromatic heterocycles. The number of thioether (sulfide) groups is 1. The number of phenols is 1. The zero-order valence-corrected chi connectivity index (χ0v) is 16.5. The molecule has 1 aliphatic heterocycles. The van der Waals surface area contributed by atoms with Gasteiger partial charge in [-0.2, -0.15) is 4.99 Å². The van der Waals surface area contributed by atoms with Gasteiger partial charge in [-0.25, -0.2) is 0 Å². The van der Waals surface area contributed by atoms with Crippen molar-refractivity contribution in [1.82, 2.24) is 0 Å². The van der Waals surface area contributed by atoms with Crippen molar-refractivity contribution < 1.29 is 19.2 Å². The highest BCUT2D eigenvalue weighted by Crippen LogP contribution is 2.33. The van der Waals surface area contributed by atoms with Crippen molar-refractivity contribution in [3.63, 3.8) is 0 Å². The predicted molar refractivity (Wildman–Crippen MR) is 115 cm³/mol. The van der Waals surface area contributed by atoms with Gasteiger partial charge in [0.25, 0.3) is 11.6 Å². The molecule has 0 spiro atoms.